The molecule has 0 fully saturated rings. The van der Waals surface area contributed by atoms with Crippen LogP contribution in [0.5, 0.6) is 0 Å². The van der Waals surface area contributed by atoms with E-state index < -0.39 is 0 Å². The summed E-state index contributed by atoms with van der Waals surface area (Å²) in [4.78, 5) is 7.38. The molecule has 0 amide bonds. The fourth-order valence-corrected chi connectivity index (χ4v) is 0.615. The highest BCUT2D eigenvalue weighted by molar-refractivity contribution is 5.76. The largest absolute Gasteiger partial charge is 0.294 e. The smallest absolute Gasteiger partial charge is 0.150 e. The Labute approximate surface area is 58.4 Å². The minimum absolute atomic E-state index is 0.282. The Morgan fingerprint density at radius 3 is 3.10 bits per heavy atom. The van der Waals surface area contributed by atoms with Crippen LogP contribution in [0.15, 0.2) is 23.3 Å². The maximum absolute atomic E-state index is 12.6. The van der Waals surface area contributed by atoms with Crippen LogP contribution in [0.2, 0.25) is 0 Å². The van der Waals surface area contributed by atoms with Gasteiger partial charge in [-0.3, -0.25) is 9.98 Å². The molecule has 1 aromatic heterocycles. The second-order valence-corrected chi connectivity index (χ2v) is 1.76. The highest BCUT2D eigenvalue weighted by Crippen LogP contribution is 1.97. The predicted molar refractivity (Wildman–Crippen MR) is 37.7 cm³/mol. The van der Waals surface area contributed by atoms with Crippen molar-refractivity contribution >= 4 is 6.21 Å². The number of aliphatic imine (C=N–C) groups is 1. The van der Waals surface area contributed by atoms with Gasteiger partial charge in [0.15, 0.2) is 0 Å². The Morgan fingerprint density at radius 2 is 2.50 bits per heavy atom. The lowest BCUT2D eigenvalue weighted by Gasteiger charge is -1.90. The molecule has 0 aliphatic rings. The summed E-state index contributed by atoms with van der Waals surface area (Å²) in [5.41, 5.74) is 0.282. The van der Waals surface area contributed by atoms with Gasteiger partial charge < -0.3 is 0 Å². The SMILES string of the molecule is CN=Cc1ncccc1F. The number of hydrogen-bond donors (Lipinski definition) is 0. The van der Waals surface area contributed by atoms with Gasteiger partial charge >= 0.3 is 0 Å². The number of rotatable bonds is 1. The van der Waals surface area contributed by atoms with Gasteiger partial charge in [-0.25, -0.2) is 4.39 Å². The van der Waals surface area contributed by atoms with Crippen LogP contribution >= 0.6 is 0 Å². The van der Waals surface area contributed by atoms with E-state index >= 15 is 0 Å². The molecular weight excluding hydrogens is 131 g/mol. The lowest BCUT2D eigenvalue weighted by Crippen LogP contribution is -1.90. The van der Waals surface area contributed by atoms with Crippen molar-refractivity contribution in [1.29, 1.82) is 0 Å². The Bertz CT molecular complexity index is 245. The fraction of sp³-hybridized carbons (Fsp3) is 0.143. The lowest BCUT2D eigenvalue weighted by atomic mass is 10.3. The number of nitrogens with zero attached hydrogens (tertiary/aromatic N) is 2. The number of aromatic nitrogens is 1. The molecule has 1 rings (SSSR count). The van der Waals surface area contributed by atoms with Crippen molar-refractivity contribution in [1.82, 2.24) is 4.98 Å². The summed E-state index contributed by atoms with van der Waals surface area (Å²) >= 11 is 0. The van der Waals surface area contributed by atoms with Gasteiger partial charge in [0, 0.05) is 19.5 Å². The molecule has 3 heteroatoms. The Morgan fingerprint density at radius 1 is 1.70 bits per heavy atom. The highest BCUT2D eigenvalue weighted by atomic mass is 19.1. The molecular formula is C7H7FN2. The van der Waals surface area contributed by atoms with E-state index in [1.54, 1.807) is 13.1 Å². The van der Waals surface area contributed by atoms with E-state index in [1.165, 1.54) is 18.5 Å². The van der Waals surface area contributed by atoms with E-state index in [0.717, 1.165) is 0 Å². The molecule has 0 saturated heterocycles. The maximum atomic E-state index is 12.6. The molecule has 0 unspecified atom stereocenters. The van der Waals surface area contributed by atoms with Crippen LogP contribution in [0, 0.1) is 5.82 Å². The van der Waals surface area contributed by atoms with Crippen LogP contribution < -0.4 is 0 Å². The zero-order valence-electron chi connectivity index (χ0n) is 5.58. The second-order valence-electron chi connectivity index (χ2n) is 1.76. The monoisotopic (exact) mass is 138 g/mol. The van der Waals surface area contributed by atoms with Gasteiger partial charge in [-0.2, -0.15) is 0 Å². The first-order valence-electron chi connectivity index (χ1n) is 2.87. The summed E-state index contributed by atoms with van der Waals surface area (Å²) in [7, 11) is 1.58. The molecule has 0 radical (unpaired) electrons. The van der Waals surface area contributed by atoms with E-state index in [4.69, 9.17) is 0 Å². The van der Waals surface area contributed by atoms with Gasteiger partial charge in [-0.15, -0.1) is 0 Å². The molecule has 0 aliphatic heterocycles. The highest BCUT2D eigenvalue weighted by Gasteiger charge is 1.95. The quantitative estimate of drug-likeness (QED) is 0.536. The molecule has 2 nitrogen and oxygen atoms in total. The lowest BCUT2D eigenvalue weighted by molar-refractivity contribution is 0.619. The zero-order chi connectivity index (χ0) is 7.40. The van der Waals surface area contributed by atoms with Gasteiger partial charge in [0.25, 0.3) is 0 Å². The van der Waals surface area contributed by atoms with Crippen LogP contribution in [0.3, 0.4) is 0 Å². The minimum Gasteiger partial charge on any atom is -0.294 e. The van der Waals surface area contributed by atoms with E-state index in [1.807, 2.05) is 0 Å². The molecule has 52 valence electrons. The minimum atomic E-state index is -0.340. The summed E-state index contributed by atoms with van der Waals surface area (Å²) in [6, 6.07) is 2.90. The summed E-state index contributed by atoms with van der Waals surface area (Å²) in [5, 5.41) is 0. The van der Waals surface area contributed by atoms with Crippen molar-refractivity contribution in [3.05, 3.63) is 29.8 Å². The van der Waals surface area contributed by atoms with Crippen LogP contribution in [-0.4, -0.2) is 18.2 Å². The summed E-state index contributed by atoms with van der Waals surface area (Å²) < 4.78 is 12.6. The average Bonchev–Trinajstić information content (AvgIpc) is 1.94. The van der Waals surface area contributed by atoms with Crippen LogP contribution in [0.1, 0.15) is 5.69 Å². The first kappa shape index (κ1) is 6.86. The maximum Gasteiger partial charge on any atom is 0.150 e. The molecule has 0 aromatic carbocycles. The van der Waals surface area contributed by atoms with Crippen LogP contribution in [0.25, 0.3) is 0 Å². The van der Waals surface area contributed by atoms with Crippen molar-refractivity contribution < 1.29 is 4.39 Å². The van der Waals surface area contributed by atoms with Gasteiger partial charge in [0.2, 0.25) is 0 Å². The summed E-state index contributed by atoms with van der Waals surface area (Å²) in [6.07, 6.45) is 2.91. The molecule has 10 heavy (non-hydrogen) atoms. The van der Waals surface area contributed by atoms with E-state index in [0.29, 0.717) is 0 Å². The van der Waals surface area contributed by atoms with Crippen LogP contribution in [-0.2, 0) is 0 Å². The Hall–Kier alpha value is -1.25. The van der Waals surface area contributed by atoms with Crippen molar-refractivity contribution in [2.24, 2.45) is 4.99 Å². The first-order chi connectivity index (χ1) is 4.84. The Kier molecular flexibility index (Phi) is 2.10. The summed E-state index contributed by atoms with van der Waals surface area (Å²) in [5.74, 6) is -0.340. The van der Waals surface area contributed by atoms with Gasteiger partial charge in [-0.1, -0.05) is 0 Å². The standard InChI is InChI=1S/C7H7FN2/c1-9-5-7-6(8)3-2-4-10-7/h2-5H,1H3. The Balaban J connectivity index is 3.03. The van der Waals surface area contributed by atoms with Crippen molar-refractivity contribution in [2.75, 3.05) is 7.05 Å². The van der Waals surface area contributed by atoms with Crippen molar-refractivity contribution in [2.45, 2.75) is 0 Å². The summed E-state index contributed by atoms with van der Waals surface area (Å²) in [6.45, 7) is 0. The molecule has 0 N–H and O–H groups in total. The molecule has 0 spiro atoms. The van der Waals surface area contributed by atoms with Crippen molar-refractivity contribution in [3.63, 3.8) is 0 Å². The average molecular weight is 138 g/mol. The van der Waals surface area contributed by atoms with E-state index in [9.17, 15) is 4.39 Å². The van der Waals surface area contributed by atoms with Gasteiger partial charge in [0.05, 0.1) is 0 Å². The molecule has 0 saturated carbocycles. The topological polar surface area (TPSA) is 25.2 Å². The second kappa shape index (κ2) is 3.06. The normalized spacial score (nSPS) is 10.6. The fourth-order valence-electron chi connectivity index (χ4n) is 0.615. The number of hydrogen-bond acceptors (Lipinski definition) is 2. The molecule has 1 heterocycles. The van der Waals surface area contributed by atoms with Gasteiger partial charge in [-0.05, 0) is 12.1 Å². The molecule has 0 aliphatic carbocycles. The molecule has 0 atom stereocenters. The van der Waals surface area contributed by atoms with Crippen molar-refractivity contribution in [3.8, 4) is 0 Å². The van der Waals surface area contributed by atoms with E-state index in [2.05, 4.69) is 9.98 Å². The third-order valence-corrected chi connectivity index (χ3v) is 1.04. The molecule has 0 bridgehead atoms. The zero-order valence-corrected chi connectivity index (χ0v) is 5.58. The first-order valence-corrected chi connectivity index (χ1v) is 2.87. The third kappa shape index (κ3) is 1.37. The van der Waals surface area contributed by atoms with Gasteiger partial charge in [0.1, 0.15) is 11.5 Å². The third-order valence-electron chi connectivity index (χ3n) is 1.04. The number of pyridine rings is 1. The number of halogens is 1. The van der Waals surface area contributed by atoms with Crippen LogP contribution in [0.4, 0.5) is 4.39 Å². The predicted octanol–water partition coefficient (Wildman–Crippen LogP) is 1.27. The molecule has 1 aromatic rings. The van der Waals surface area contributed by atoms with E-state index in [-0.39, 0.29) is 11.5 Å².